The van der Waals surface area contributed by atoms with Gasteiger partial charge in [-0.1, -0.05) is 29.4 Å². The third-order valence-electron chi connectivity index (χ3n) is 1.98. The Kier molecular flexibility index (Phi) is 4.03. The van der Waals surface area contributed by atoms with Gasteiger partial charge in [-0.2, -0.15) is 0 Å². The monoisotopic (exact) mass is 177 g/mol. The highest BCUT2D eigenvalue weighted by Gasteiger charge is 1.94. The van der Waals surface area contributed by atoms with Crippen molar-refractivity contribution >= 4 is 6.21 Å². The van der Waals surface area contributed by atoms with Crippen LogP contribution >= 0.6 is 0 Å². The van der Waals surface area contributed by atoms with Crippen molar-refractivity contribution in [1.29, 1.82) is 0 Å². The number of rotatable bonds is 4. The van der Waals surface area contributed by atoms with Gasteiger partial charge in [0, 0.05) is 6.21 Å². The number of oxime groups is 1. The van der Waals surface area contributed by atoms with Crippen LogP contribution in [0.2, 0.25) is 0 Å². The van der Waals surface area contributed by atoms with Crippen molar-refractivity contribution in [3.05, 3.63) is 35.4 Å². The lowest BCUT2D eigenvalue weighted by Gasteiger charge is -2.01. The van der Waals surface area contributed by atoms with Crippen LogP contribution < -0.4 is 0 Å². The van der Waals surface area contributed by atoms with Crippen molar-refractivity contribution in [1.82, 2.24) is 0 Å². The summed E-state index contributed by atoms with van der Waals surface area (Å²) in [5.41, 5.74) is 2.72. The van der Waals surface area contributed by atoms with Gasteiger partial charge in [0.2, 0.25) is 0 Å². The van der Waals surface area contributed by atoms with Gasteiger partial charge in [-0.3, -0.25) is 0 Å². The molecule has 1 aromatic carbocycles. The van der Waals surface area contributed by atoms with E-state index in [1.807, 2.05) is 0 Å². The van der Waals surface area contributed by atoms with Gasteiger partial charge in [-0.25, -0.2) is 0 Å². The standard InChI is InChI=1S/C11H15NO/c1-10-6-3-4-7-11(10)8-5-9-12-13-2/h3-4,6-7,9H,5,8H2,1-2H3/b12-9+. The molecule has 0 saturated carbocycles. The smallest absolute Gasteiger partial charge is 0.106 e. The van der Waals surface area contributed by atoms with Gasteiger partial charge >= 0.3 is 0 Å². The first kappa shape index (κ1) is 9.78. The van der Waals surface area contributed by atoms with Crippen LogP contribution in [0.1, 0.15) is 17.5 Å². The Morgan fingerprint density at radius 2 is 2.15 bits per heavy atom. The first-order chi connectivity index (χ1) is 6.34. The normalized spacial score (nSPS) is 10.6. The molecule has 1 rings (SSSR count). The fraction of sp³-hybridized carbons (Fsp3) is 0.364. The summed E-state index contributed by atoms with van der Waals surface area (Å²) in [6.07, 6.45) is 3.75. The maximum absolute atomic E-state index is 4.58. The Bertz CT molecular complexity index is 281. The van der Waals surface area contributed by atoms with Crippen molar-refractivity contribution in [2.45, 2.75) is 19.8 Å². The van der Waals surface area contributed by atoms with Crippen LogP contribution in [-0.2, 0) is 11.3 Å². The summed E-state index contributed by atoms with van der Waals surface area (Å²) in [4.78, 5) is 4.58. The van der Waals surface area contributed by atoms with E-state index in [0.717, 1.165) is 12.8 Å². The van der Waals surface area contributed by atoms with Crippen LogP contribution in [-0.4, -0.2) is 13.3 Å². The summed E-state index contributed by atoms with van der Waals surface area (Å²) in [7, 11) is 1.56. The van der Waals surface area contributed by atoms with Crippen LogP contribution in [0.4, 0.5) is 0 Å². The minimum Gasteiger partial charge on any atom is -0.399 e. The topological polar surface area (TPSA) is 21.6 Å². The van der Waals surface area contributed by atoms with E-state index in [2.05, 4.69) is 41.2 Å². The summed E-state index contributed by atoms with van der Waals surface area (Å²) in [6, 6.07) is 8.40. The molecule has 0 fully saturated rings. The summed E-state index contributed by atoms with van der Waals surface area (Å²) >= 11 is 0. The molecule has 0 heterocycles. The fourth-order valence-electron chi connectivity index (χ4n) is 1.24. The van der Waals surface area contributed by atoms with Crippen molar-refractivity contribution in [3.8, 4) is 0 Å². The molecule has 0 N–H and O–H groups in total. The predicted molar refractivity (Wildman–Crippen MR) is 55.0 cm³/mol. The Balaban J connectivity index is 2.45. The molecule has 0 unspecified atom stereocenters. The SMILES string of the molecule is CO/N=C/CCc1ccccc1C. The van der Waals surface area contributed by atoms with Crippen LogP contribution in [0, 0.1) is 6.92 Å². The van der Waals surface area contributed by atoms with E-state index in [9.17, 15) is 0 Å². The number of nitrogens with zero attached hydrogens (tertiary/aromatic N) is 1. The van der Waals surface area contributed by atoms with Gasteiger partial charge in [-0.05, 0) is 30.9 Å². The fourth-order valence-corrected chi connectivity index (χ4v) is 1.24. The second-order valence-electron chi connectivity index (χ2n) is 2.94. The molecule has 0 amide bonds. The molecule has 0 aliphatic carbocycles. The first-order valence-corrected chi connectivity index (χ1v) is 4.44. The second kappa shape index (κ2) is 5.36. The zero-order valence-electron chi connectivity index (χ0n) is 8.16. The maximum Gasteiger partial charge on any atom is 0.106 e. The highest BCUT2D eigenvalue weighted by Crippen LogP contribution is 2.08. The average Bonchev–Trinajstić information content (AvgIpc) is 2.15. The summed E-state index contributed by atoms with van der Waals surface area (Å²) in [5.74, 6) is 0. The highest BCUT2D eigenvalue weighted by atomic mass is 16.6. The predicted octanol–water partition coefficient (Wildman–Crippen LogP) is 2.56. The Labute approximate surface area is 79.2 Å². The molecule has 13 heavy (non-hydrogen) atoms. The van der Waals surface area contributed by atoms with E-state index in [1.54, 1.807) is 13.3 Å². The van der Waals surface area contributed by atoms with Crippen LogP contribution in [0.15, 0.2) is 29.4 Å². The van der Waals surface area contributed by atoms with Gasteiger partial charge in [0.1, 0.15) is 7.11 Å². The van der Waals surface area contributed by atoms with Crippen molar-refractivity contribution < 1.29 is 4.84 Å². The molecule has 0 saturated heterocycles. The molecule has 0 aromatic heterocycles. The third-order valence-corrected chi connectivity index (χ3v) is 1.98. The second-order valence-corrected chi connectivity index (χ2v) is 2.94. The van der Waals surface area contributed by atoms with Gasteiger partial charge in [0.05, 0.1) is 0 Å². The van der Waals surface area contributed by atoms with E-state index in [4.69, 9.17) is 0 Å². The molecule has 0 radical (unpaired) electrons. The Morgan fingerprint density at radius 1 is 1.38 bits per heavy atom. The summed E-state index contributed by atoms with van der Waals surface area (Å²) in [5, 5.41) is 3.69. The average molecular weight is 177 g/mol. The Morgan fingerprint density at radius 3 is 2.85 bits per heavy atom. The largest absolute Gasteiger partial charge is 0.399 e. The van der Waals surface area contributed by atoms with Crippen LogP contribution in [0.3, 0.4) is 0 Å². The summed E-state index contributed by atoms with van der Waals surface area (Å²) < 4.78 is 0. The van der Waals surface area contributed by atoms with E-state index < -0.39 is 0 Å². The van der Waals surface area contributed by atoms with Gasteiger partial charge in [0.15, 0.2) is 0 Å². The molecule has 0 aliphatic rings. The van der Waals surface area contributed by atoms with Crippen molar-refractivity contribution in [2.75, 3.05) is 7.11 Å². The molecule has 0 bridgehead atoms. The quantitative estimate of drug-likeness (QED) is 0.511. The first-order valence-electron chi connectivity index (χ1n) is 4.44. The molecule has 70 valence electrons. The summed E-state index contributed by atoms with van der Waals surface area (Å²) in [6.45, 7) is 2.13. The lowest BCUT2D eigenvalue weighted by Crippen LogP contribution is -1.89. The number of hydrogen-bond donors (Lipinski definition) is 0. The van der Waals surface area contributed by atoms with Crippen LogP contribution in [0.5, 0.6) is 0 Å². The molecule has 2 heteroatoms. The Hall–Kier alpha value is -1.31. The third kappa shape index (κ3) is 3.28. The molecular formula is C11H15NO. The lowest BCUT2D eigenvalue weighted by atomic mass is 10.0. The van der Waals surface area contributed by atoms with Gasteiger partial charge in [-0.15, -0.1) is 0 Å². The molecule has 2 nitrogen and oxygen atoms in total. The molecule has 0 atom stereocenters. The zero-order valence-corrected chi connectivity index (χ0v) is 8.16. The minimum atomic E-state index is 0.929. The molecular weight excluding hydrogens is 162 g/mol. The molecule has 0 spiro atoms. The maximum atomic E-state index is 4.58. The molecule has 1 aromatic rings. The number of benzene rings is 1. The van der Waals surface area contributed by atoms with Crippen LogP contribution in [0.25, 0.3) is 0 Å². The van der Waals surface area contributed by atoms with E-state index in [0.29, 0.717) is 0 Å². The number of aryl methyl sites for hydroxylation is 2. The number of hydrogen-bond acceptors (Lipinski definition) is 2. The molecule has 0 aliphatic heterocycles. The van der Waals surface area contributed by atoms with Crippen molar-refractivity contribution in [2.24, 2.45) is 5.16 Å². The highest BCUT2D eigenvalue weighted by molar-refractivity contribution is 5.56. The van der Waals surface area contributed by atoms with Crippen molar-refractivity contribution in [3.63, 3.8) is 0 Å². The van der Waals surface area contributed by atoms with E-state index in [-0.39, 0.29) is 0 Å². The van der Waals surface area contributed by atoms with Gasteiger partial charge < -0.3 is 4.84 Å². The zero-order chi connectivity index (χ0) is 9.52. The van der Waals surface area contributed by atoms with E-state index >= 15 is 0 Å². The van der Waals surface area contributed by atoms with E-state index in [1.165, 1.54) is 11.1 Å². The lowest BCUT2D eigenvalue weighted by molar-refractivity contribution is 0.214. The minimum absolute atomic E-state index is 0.929. The van der Waals surface area contributed by atoms with Gasteiger partial charge in [0.25, 0.3) is 0 Å².